The lowest BCUT2D eigenvalue weighted by Crippen LogP contribution is -2.51. The summed E-state index contributed by atoms with van der Waals surface area (Å²) in [5.41, 5.74) is 0. The molecule has 17 heavy (non-hydrogen) atoms. The van der Waals surface area contributed by atoms with Crippen molar-refractivity contribution < 1.29 is 9.53 Å². The second kappa shape index (κ2) is 6.21. The fraction of sp³-hybridized carbons (Fsp3) is 0.917. The van der Waals surface area contributed by atoms with Gasteiger partial charge in [0, 0.05) is 53.0 Å². The number of hydrogen-bond acceptors (Lipinski definition) is 3. The Kier molecular flexibility index (Phi) is 4.62. The second-order valence-corrected chi connectivity index (χ2v) is 4.96. The molecule has 5 nitrogen and oxygen atoms in total. The van der Waals surface area contributed by atoms with E-state index in [1.54, 1.807) is 0 Å². The van der Waals surface area contributed by atoms with Crippen molar-refractivity contribution in [2.45, 2.75) is 12.8 Å². The zero-order valence-electron chi connectivity index (χ0n) is 10.7. The highest BCUT2D eigenvalue weighted by Gasteiger charge is 2.23. The van der Waals surface area contributed by atoms with E-state index in [4.69, 9.17) is 4.74 Å². The number of nitrogens with one attached hydrogen (secondary N) is 1. The van der Waals surface area contributed by atoms with Crippen molar-refractivity contribution in [1.82, 2.24) is 15.1 Å². The Hall–Kier alpha value is -0.810. The van der Waals surface area contributed by atoms with Crippen LogP contribution < -0.4 is 5.32 Å². The number of piperazine rings is 1. The number of amides is 2. The zero-order chi connectivity index (χ0) is 12.1. The van der Waals surface area contributed by atoms with Crippen LogP contribution >= 0.6 is 0 Å². The summed E-state index contributed by atoms with van der Waals surface area (Å²) in [6.07, 6.45) is 2.17. The minimum Gasteiger partial charge on any atom is -0.381 e. The Bertz CT molecular complexity index is 248. The lowest BCUT2D eigenvalue weighted by atomic mass is 10.00. The first-order chi connectivity index (χ1) is 8.27. The highest BCUT2D eigenvalue weighted by atomic mass is 16.5. The van der Waals surface area contributed by atoms with Gasteiger partial charge in [-0.1, -0.05) is 0 Å². The third kappa shape index (κ3) is 3.57. The number of urea groups is 1. The molecule has 2 amide bonds. The van der Waals surface area contributed by atoms with Gasteiger partial charge in [0.05, 0.1) is 0 Å². The monoisotopic (exact) mass is 241 g/mol. The van der Waals surface area contributed by atoms with Gasteiger partial charge in [0.1, 0.15) is 0 Å². The fourth-order valence-electron chi connectivity index (χ4n) is 2.49. The van der Waals surface area contributed by atoms with Crippen LogP contribution in [0.15, 0.2) is 0 Å². The molecule has 0 aromatic heterocycles. The van der Waals surface area contributed by atoms with Crippen LogP contribution in [0.25, 0.3) is 0 Å². The van der Waals surface area contributed by atoms with Crippen LogP contribution in [0.5, 0.6) is 0 Å². The zero-order valence-corrected chi connectivity index (χ0v) is 10.7. The maximum absolute atomic E-state index is 12.2. The standard InChI is InChI=1S/C12H23N3O2/c1-14(10-11-2-8-17-9-3-11)12(16)15-6-4-13-5-7-15/h11,13H,2-10H2,1H3. The van der Waals surface area contributed by atoms with E-state index >= 15 is 0 Å². The first-order valence-corrected chi connectivity index (χ1v) is 6.56. The summed E-state index contributed by atoms with van der Waals surface area (Å²) in [5.74, 6) is 0.612. The molecule has 0 unspecified atom stereocenters. The summed E-state index contributed by atoms with van der Waals surface area (Å²) in [4.78, 5) is 16.0. The Morgan fingerprint density at radius 3 is 2.65 bits per heavy atom. The summed E-state index contributed by atoms with van der Waals surface area (Å²) >= 11 is 0. The minimum absolute atomic E-state index is 0.179. The average Bonchev–Trinajstić information content (AvgIpc) is 2.40. The number of ether oxygens (including phenoxy) is 1. The van der Waals surface area contributed by atoms with E-state index in [1.165, 1.54) is 0 Å². The van der Waals surface area contributed by atoms with E-state index in [1.807, 2.05) is 16.8 Å². The van der Waals surface area contributed by atoms with Crippen LogP contribution in [0.4, 0.5) is 4.79 Å². The number of nitrogens with zero attached hydrogens (tertiary/aromatic N) is 2. The van der Waals surface area contributed by atoms with Gasteiger partial charge in [-0.2, -0.15) is 0 Å². The topological polar surface area (TPSA) is 44.8 Å². The van der Waals surface area contributed by atoms with Crippen LogP contribution in [0.3, 0.4) is 0 Å². The van der Waals surface area contributed by atoms with Crippen LogP contribution in [-0.4, -0.2) is 68.8 Å². The third-order valence-corrected chi connectivity index (χ3v) is 3.59. The van der Waals surface area contributed by atoms with Crippen molar-refractivity contribution in [3.63, 3.8) is 0 Å². The molecule has 0 aliphatic carbocycles. The van der Waals surface area contributed by atoms with Gasteiger partial charge in [-0.3, -0.25) is 0 Å². The molecule has 2 heterocycles. The second-order valence-electron chi connectivity index (χ2n) is 4.96. The maximum atomic E-state index is 12.2. The lowest BCUT2D eigenvalue weighted by molar-refractivity contribution is 0.0561. The molecule has 1 N–H and O–H groups in total. The van der Waals surface area contributed by atoms with Gasteiger partial charge < -0.3 is 19.9 Å². The van der Waals surface area contributed by atoms with Crippen LogP contribution in [0, 0.1) is 5.92 Å². The van der Waals surface area contributed by atoms with E-state index in [0.29, 0.717) is 5.92 Å². The number of carbonyl (C=O) groups is 1. The van der Waals surface area contributed by atoms with E-state index in [2.05, 4.69) is 5.32 Å². The van der Waals surface area contributed by atoms with Gasteiger partial charge in [0.25, 0.3) is 0 Å². The molecule has 0 spiro atoms. The highest BCUT2D eigenvalue weighted by Crippen LogP contribution is 2.16. The summed E-state index contributed by atoms with van der Waals surface area (Å²) in [6, 6.07) is 0.179. The summed E-state index contributed by atoms with van der Waals surface area (Å²) in [7, 11) is 1.92. The first-order valence-electron chi connectivity index (χ1n) is 6.56. The molecule has 0 radical (unpaired) electrons. The van der Waals surface area contributed by atoms with E-state index in [-0.39, 0.29) is 6.03 Å². The maximum Gasteiger partial charge on any atom is 0.319 e. The Balaban J connectivity index is 1.77. The third-order valence-electron chi connectivity index (χ3n) is 3.59. The van der Waals surface area contributed by atoms with Crippen molar-refractivity contribution in [1.29, 1.82) is 0 Å². The lowest BCUT2D eigenvalue weighted by Gasteiger charge is -2.33. The van der Waals surface area contributed by atoms with Crippen molar-refractivity contribution in [2.75, 3.05) is 53.0 Å². The molecule has 2 aliphatic rings. The summed E-state index contributed by atoms with van der Waals surface area (Å²) < 4.78 is 5.34. The Morgan fingerprint density at radius 1 is 1.35 bits per heavy atom. The molecule has 2 rings (SSSR count). The molecule has 2 fully saturated rings. The molecule has 0 saturated carbocycles. The van der Waals surface area contributed by atoms with E-state index < -0.39 is 0 Å². The molecular formula is C12H23N3O2. The van der Waals surface area contributed by atoms with E-state index in [0.717, 1.165) is 58.8 Å². The molecule has 2 aliphatic heterocycles. The van der Waals surface area contributed by atoms with Crippen molar-refractivity contribution in [3.05, 3.63) is 0 Å². The predicted molar refractivity (Wildman–Crippen MR) is 66.0 cm³/mol. The molecule has 2 saturated heterocycles. The molecule has 0 atom stereocenters. The van der Waals surface area contributed by atoms with Gasteiger partial charge in [0.2, 0.25) is 0 Å². The minimum atomic E-state index is 0.179. The first kappa shape index (κ1) is 12.6. The molecular weight excluding hydrogens is 218 g/mol. The SMILES string of the molecule is CN(CC1CCOCC1)C(=O)N1CCNCC1. The van der Waals surface area contributed by atoms with Gasteiger partial charge in [-0.25, -0.2) is 4.79 Å². The van der Waals surface area contributed by atoms with Crippen LogP contribution in [-0.2, 0) is 4.74 Å². The Morgan fingerprint density at radius 2 is 2.00 bits per heavy atom. The van der Waals surface area contributed by atoms with Crippen molar-refractivity contribution in [3.8, 4) is 0 Å². The number of carbonyl (C=O) groups excluding carboxylic acids is 1. The van der Waals surface area contributed by atoms with Crippen molar-refractivity contribution in [2.24, 2.45) is 5.92 Å². The van der Waals surface area contributed by atoms with Gasteiger partial charge in [0.15, 0.2) is 0 Å². The van der Waals surface area contributed by atoms with Crippen LogP contribution in [0.2, 0.25) is 0 Å². The van der Waals surface area contributed by atoms with E-state index in [9.17, 15) is 4.79 Å². The van der Waals surface area contributed by atoms with Gasteiger partial charge >= 0.3 is 6.03 Å². The van der Waals surface area contributed by atoms with Crippen molar-refractivity contribution >= 4 is 6.03 Å². The summed E-state index contributed by atoms with van der Waals surface area (Å²) in [6.45, 7) is 6.05. The normalized spacial score (nSPS) is 22.5. The Labute approximate surface area is 103 Å². The molecule has 98 valence electrons. The summed E-state index contributed by atoms with van der Waals surface area (Å²) in [5, 5.41) is 3.26. The number of hydrogen-bond donors (Lipinski definition) is 1. The molecule has 5 heteroatoms. The predicted octanol–water partition coefficient (Wildman–Crippen LogP) is 0.370. The average molecular weight is 241 g/mol. The van der Waals surface area contributed by atoms with Gasteiger partial charge in [-0.15, -0.1) is 0 Å². The molecule has 0 bridgehead atoms. The quantitative estimate of drug-likeness (QED) is 0.760. The number of rotatable bonds is 2. The molecule has 0 aromatic rings. The fourth-order valence-corrected chi connectivity index (χ4v) is 2.49. The smallest absolute Gasteiger partial charge is 0.319 e. The molecule has 0 aromatic carbocycles. The highest BCUT2D eigenvalue weighted by molar-refractivity contribution is 5.74. The largest absolute Gasteiger partial charge is 0.381 e. The van der Waals surface area contributed by atoms with Crippen LogP contribution in [0.1, 0.15) is 12.8 Å². The van der Waals surface area contributed by atoms with Gasteiger partial charge in [-0.05, 0) is 18.8 Å².